The number of primary sulfonamides is 1. The lowest BCUT2D eigenvalue weighted by Crippen LogP contribution is -2.40. The van der Waals surface area contributed by atoms with Crippen molar-refractivity contribution in [2.75, 3.05) is 25.1 Å². The number of thiophene rings is 1. The Balaban J connectivity index is 2.43. The van der Waals surface area contributed by atoms with Crippen molar-refractivity contribution in [2.45, 2.75) is 14.8 Å². The number of nitrogens with zero attached hydrogens (tertiary/aromatic N) is 1. The van der Waals surface area contributed by atoms with Crippen LogP contribution in [0.15, 0.2) is 14.5 Å². The maximum absolute atomic E-state index is 12.4. The van der Waals surface area contributed by atoms with Crippen LogP contribution < -0.4 is 5.14 Å². The lowest BCUT2D eigenvalue weighted by atomic mass is 10.2. The molecular weight excluding hydrogens is 356 g/mol. The van der Waals surface area contributed by atoms with E-state index in [0.29, 0.717) is 17.8 Å². The van der Waals surface area contributed by atoms with Crippen LogP contribution in [0.1, 0.15) is 16.8 Å². The highest BCUT2D eigenvalue weighted by Gasteiger charge is 2.39. The molecule has 0 atom stereocenters. The average Bonchev–Trinajstić information content (AvgIpc) is 2.82. The predicted octanol–water partition coefficient (Wildman–Crippen LogP) is 0.336. The molecule has 2 heterocycles. The third-order valence-electron chi connectivity index (χ3n) is 2.91. The maximum atomic E-state index is 12.4. The normalized spacial score (nSPS) is 18.7. The Morgan fingerprint density at radius 2 is 2.14 bits per heavy atom. The fraction of sp³-hybridized carbons (Fsp3) is 0.500. The molecule has 0 spiro atoms. The summed E-state index contributed by atoms with van der Waals surface area (Å²) in [5.41, 5.74) is -0.0786. The highest BCUT2D eigenvalue weighted by atomic mass is 32.3. The van der Waals surface area contributed by atoms with Gasteiger partial charge in [0, 0.05) is 6.54 Å². The average molecular weight is 370 g/mol. The Hall–Kier alpha value is -0.460. The van der Waals surface area contributed by atoms with Crippen molar-refractivity contribution in [3.8, 4) is 0 Å². The summed E-state index contributed by atoms with van der Waals surface area (Å²) in [5.74, 6) is 0.370. The standard InChI is InChI=1S/C10H14N2O5S4/c1-18-4-2-3-12-6-8(13)7-5-9(20(11,14)15)19-10(7)21(12,16)17/h5H,2-4,6H2,1H3,(H2,11,14,15). The van der Waals surface area contributed by atoms with Crippen LogP contribution in [0.4, 0.5) is 0 Å². The monoisotopic (exact) mass is 370 g/mol. The van der Waals surface area contributed by atoms with Gasteiger partial charge in [-0.15, -0.1) is 11.3 Å². The van der Waals surface area contributed by atoms with E-state index in [1.165, 1.54) is 0 Å². The van der Waals surface area contributed by atoms with Gasteiger partial charge in [-0.1, -0.05) is 0 Å². The molecule has 1 aromatic heterocycles. The zero-order chi connectivity index (χ0) is 15.8. The van der Waals surface area contributed by atoms with Gasteiger partial charge in [0.05, 0.1) is 12.1 Å². The van der Waals surface area contributed by atoms with Gasteiger partial charge in [0.2, 0.25) is 10.0 Å². The number of carbonyl (C=O) groups excluding carboxylic acids is 1. The molecule has 0 amide bonds. The molecule has 11 heteroatoms. The van der Waals surface area contributed by atoms with E-state index in [0.717, 1.165) is 16.1 Å². The topological polar surface area (TPSA) is 115 Å². The van der Waals surface area contributed by atoms with Gasteiger partial charge in [-0.2, -0.15) is 16.1 Å². The molecule has 1 aliphatic rings. The number of hydrogen-bond acceptors (Lipinski definition) is 7. The van der Waals surface area contributed by atoms with Crippen molar-refractivity contribution >= 4 is 48.9 Å². The zero-order valence-corrected chi connectivity index (χ0v) is 14.4. The molecule has 7 nitrogen and oxygen atoms in total. The molecule has 2 N–H and O–H groups in total. The predicted molar refractivity (Wildman–Crippen MR) is 81.8 cm³/mol. The van der Waals surface area contributed by atoms with Crippen molar-refractivity contribution in [3.63, 3.8) is 0 Å². The Morgan fingerprint density at radius 3 is 2.71 bits per heavy atom. The van der Waals surface area contributed by atoms with Gasteiger partial charge in [0.25, 0.3) is 10.0 Å². The Labute approximate surface area is 131 Å². The van der Waals surface area contributed by atoms with Crippen LogP contribution in [0, 0.1) is 0 Å². The first-order chi connectivity index (χ1) is 9.67. The number of Topliss-reactive ketones (excluding diaryl/α,β-unsaturated/α-hetero) is 1. The van der Waals surface area contributed by atoms with Crippen LogP contribution >= 0.6 is 23.1 Å². The highest BCUT2D eigenvalue weighted by molar-refractivity contribution is 7.98. The summed E-state index contributed by atoms with van der Waals surface area (Å²) in [6.45, 7) is -0.0263. The number of sulfonamides is 2. The van der Waals surface area contributed by atoms with E-state index in [1.807, 2.05) is 6.26 Å². The first-order valence-electron chi connectivity index (χ1n) is 5.87. The molecule has 118 valence electrons. The number of rotatable bonds is 5. The molecule has 0 fully saturated rings. The second kappa shape index (κ2) is 5.97. The van der Waals surface area contributed by atoms with Gasteiger partial charge in [0.1, 0.15) is 8.42 Å². The first-order valence-corrected chi connectivity index (χ1v) is 11.1. The summed E-state index contributed by atoms with van der Waals surface area (Å²) in [5, 5.41) is 5.00. The largest absolute Gasteiger partial charge is 0.293 e. The number of fused-ring (bicyclic) bond motifs is 1. The van der Waals surface area contributed by atoms with Crippen LogP contribution in [0.5, 0.6) is 0 Å². The number of nitrogens with two attached hydrogens (primary N) is 1. The lowest BCUT2D eigenvalue weighted by molar-refractivity contribution is 0.0957. The molecule has 1 aromatic rings. The Morgan fingerprint density at radius 1 is 1.48 bits per heavy atom. The van der Waals surface area contributed by atoms with E-state index in [2.05, 4.69) is 0 Å². The van der Waals surface area contributed by atoms with Crippen LogP contribution in [0.25, 0.3) is 0 Å². The van der Waals surface area contributed by atoms with Gasteiger partial charge in [-0.3, -0.25) is 4.79 Å². The summed E-state index contributed by atoms with van der Waals surface area (Å²) < 4.78 is 48.1. The van der Waals surface area contributed by atoms with E-state index < -0.39 is 25.8 Å². The number of carbonyl (C=O) groups is 1. The summed E-state index contributed by atoms with van der Waals surface area (Å²) in [4.78, 5) is 12.0. The molecule has 1 aliphatic heterocycles. The fourth-order valence-corrected chi connectivity index (χ4v) is 6.47. The smallest absolute Gasteiger partial charge is 0.253 e. The van der Waals surface area contributed by atoms with E-state index in [4.69, 9.17) is 5.14 Å². The lowest BCUT2D eigenvalue weighted by Gasteiger charge is -2.24. The van der Waals surface area contributed by atoms with Crippen molar-refractivity contribution in [1.29, 1.82) is 0 Å². The molecular formula is C10H14N2O5S4. The van der Waals surface area contributed by atoms with Gasteiger partial charge in [0.15, 0.2) is 5.78 Å². The minimum atomic E-state index is -4.03. The molecule has 0 aromatic carbocycles. The summed E-state index contributed by atoms with van der Waals surface area (Å²) in [6, 6.07) is 1.05. The first kappa shape index (κ1) is 16.9. The Kier molecular flexibility index (Phi) is 4.81. The second-order valence-electron chi connectivity index (χ2n) is 4.42. The van der Waals surface area contributed by atoms with Crippen LogP contribution in [-0.2, 0) is 20.0 Å². The Bertz CT molecular complexity index is 765. The van der Waals surface area contributed by atoms with Gasteiger partial charge in [-0.05, 0) is 24.5 Å². The summed E-state index contributed by atoms with van der Waals surface area (Å²) in [7, 11) is -7.86. The molecule has 0 radical (unpaired) electrons. The number of ketones is 1. The molecule has 21 heavy (non-hydrogen) atoms. The van der Waals surface area contributed by atoms with Gasteiger partial charge >= 0.3 is 0 Å². The van der Waals surface area contributed by atoms with E-state index in [9.17, 15) is 21.6 Å². The van der Waals surface area contributed by atoms with Crippen molar-refractivity contribution in [1.82, 2.24) is 4.31 Å². The molecule has 0 saturated heterocycles. The third-order valence-corrected chi connectivity index (χ3v) is 8.52. The van der Waals surface area contributed by atoms with E-state index in [-0.39, 0.29) is 27.1 Å². The quantitative estimate of drug-likeness (QED) is 0.747. The number of hydrogen-bond donors (Lipinski definition) is 1. The molecule has 2 rings (SSSR count). The van der Waals surface area contributed by atoms with E-state index >= 15 is 0 Å². The minimum Gasteiger partial charge on any atom is -0.293 e. The third kappa shape index (κ3) is 3.32. The SMILES string of the molecule is CSCCCN1CC(=O)c2cc(S(N)(=O)=O)sc2S1(=O)=O. The van der Waals surface area contributed by atoms with Gasteiger partial charge < -0.3 is 0 Å². The van der Waals surface area contributed by atoms with Crippen molar-refractivity contribution in [2.24, 2.45) is 5.14 Å². The molecule has 0 saturated carbocycles. The van der Waals surface area contributed by atoms with Crippen LogP contribution in [0.2, 0.25) is 0 Å². The van der Waals surface area contributed by atoms with Crippen LogP contribution in [0.3, 0.4) is 0 Å². The molecule has 0 bridgehead atoms. The molecule has 0 aliphatic carbocycles. The molecule has 0 unspecified atom stereocenters. The second-order valence-corrected chi connectivity index (χ2v) is 10.4. The minimum absolute atomic E-state index is 0.0786. The van der Waals surface area contributed by atoms with Crippen LogP contribution in [-0.4, -0.2) is 52.0 Å². The maximum Gasteiger partial charge on any atom is 0.253 e. The van der Waals surface area contributed by atoms with Gasteiger partial charge in [-0.25, -0.2) is 22.0 Å². The number of thioether (sulfide) groups is 1. The highest BCUT2D eigenvalue weighted by Crippen LogP contribution is 2.35. The van der Waals surface area contributed by atoms with Crippen molar-refractivity contribution < 1.29 is 21.6 Å². The van der Waals surface area contributed by atoms with E-state index in [1.54, 1.807) is 11.8 Å². The fourth-order valence-electron chi connectivity index (χ4n) is 1.91. The summed E-state index contributed by atoms with van der Waals surface area (Å²) in [6.07, 6.45) is 2.53. The summed E-state index contributed by atoms with van der Waals surface area (Å²) >= 11 is 2.11. The van der Waals surface area contributed by atoms with Crippen molar-refractivity contribution in [3.05, 3.63) is 11.6 Å². The zero-order valence-electron chi connectivity index (χ0n) is 11.1.